The lowest BCUT2D eigenvalue weighted by molar-refractivity contribution is 0.0971. The van der Waals surface area contributed by atoms with Crippen LogP contribution in [0.5, 0.6) is 11.5 Å². The summed E-state index contributed by atoms with van der Waals surface area (Å²) in [4.78, 5) is 0. The van der Waals surface area contributed by atoms with Crippen molar-refractivity contribution in [2.24, 2.45) is 0 Å². The highest BCUT2D eigenvalue weighted by Gasteiger charge is 2.09. The predicted molar refractivity (Wildman–Crippen MR) is 78.3 cm³/mol. The second kappa shape index (κ2) is 9.58. The van der Waals surface area contributed by atoms with Gasteiger partial charge in [-0.25, -0.2) is 0 Å². The van der Waals surface area contributed by atoms with E-state index in [1.807, 2.05) is 19.1 Å². The molecule has 0 aromatic heterocycles. The van der Waals surface area contributed by atoms with Crippen LogP contribution in [-0.2, 0) is 0 Å². The normalized spacial score (nSPS) is 13.8. The Morgan fingerprint density at radius 3 is 2.40 bits per heavy atom. The van der Waals surface area contributed by atoms with Crippen molar-refractivity contribution in [3.05, 3.63) is 24.3 Å². The van der Waals surface area contributed by atoms with Crippen LogP contribution < -0.4 is 14.8 Å². The van der Waals surface area contributed by atoms with Gasteiger partial charge in [-0.3, -0.25) is 0 Å². The van der Waals surface area contributed by atoms with Gasteiger partial charge in [-0.05, 0) is 18.6 Å². The molecule has 1 rings (SSSR count). The number of nitrogens with one attached hydrogen (secondary N) is 1. The Hall–Kier alpha value is -1.30. The van der Waals surface area contributed by atoms with Crippen LogP contribution in [0.3, 0.4) is 0 Å². The van der Waals surface area contributed by atoms with Gasteiger partial charge in [0.2, 0.25) is 0 Å². The maximum absolute atomic E-state index is 9.81. The number of ether oxygens (including phenoxy) is 2. The summed E-state index contributed by atoms with van der Waals surface area (Å²) in [6.07, 6.45) is 0.722. The molecule has 0 fully saturated rings. The Bertz CT molecular complexity index is 373. The Labute approximate surface area is 120 Å². The SMILES string of the molecule is CCCC(O)CNCC(O)COc1ccccc1OC. The summed E-state index contributed by atoms with van der Waals surface area (Å²) in [6, 6.07) is 7.31. The van der Waals surface area contributed by atoms with Crippen LogP contribution in [0.15, 0.2) is 24.3 Å². The number of aliphatic hydroxyl groups excluding tert-OH is 2. The molecule has 1 aromatic carbocycles. The third-order valence-electron chi connectivity index (χ3n) is 2.88. The molecule has 5 heteroatoms. The lowest BCUT2D eigenvalue weighted by Crippen LogP contribution is -2.35. The van der Waals surface area contributed by atoms with Gasteiger partial charge in [-0.2, -0.15) is 0 Å². The quantitative estimate of drug-likeness (QED) is 0.601. The van der Waals surface area contributed by atoms with E-state index in [4.69, 9.17) is 9.47 Å². The van der Waals surface area contributed by atoms with Crippen molar-refractivity contribution < 1.29 is 19.7 Å². The van der Waals surface area contributed by atoms with Gasteiger partial charge in [0.25, 0.3) is 0 Å². The van der Waals surface area contributed by atoms with E-state index in [1.54, 1.807) is 19.2 Å². The first-order valence-electron chi connectivity index (χ1n) is 7.00. The number of hydrogen-bond donors (Lipinski definition) is 3. The van der Waals surface area contributed by atoms with E-state index < -0.39 is 6.10 Å². The zero-order chi connectivity index (χ0) is 14.8. The van der Waals surface area contributed by atoms with Crippen molar-refractivity contribution in [1.29, 1.82) is 0 Å². The molecular weight excluding hydrogens is 258 g/mol. The molecule has 3 N–H and O–H groups in total. The first-order valence-corrected chi connectivity index (χ1v) is 7.00. The topological polar surface area (TPSA) is 71.0 Å². The fourth-order valence-corrected chi connectivity index (χ4v) is 1.83. The molecule has 0 saturated heterocycles. The molecule has 0 radical (unpaired) electrons. The number of rotatable bonds is 10. The fraction of sp³-hybridized carbons (Fsp3) is 0.600. The van der Waals surface area contributed by atoms with Gasteiger partial charge in [0.1, 0.15) is 12.7 Å². The summed E-state index contributed by atoms with van der Waals surface area (Å²) >= 11 is 0. The molecule has 0 bridgehead atoms. The minimum atomic E-state index is -0.631. The number of hydrogen-bond acceptors (Lipinski definition) is 5. The molecule has 2 atom stereocenters. The molecule has 0 aliphatic heterocycles. The first kappa shape index (κ1) is 16.8. The molecule has 2 unspecified atom stereocenters. The van der Waals surface area contributed by atoms with Gasteiger partial charge in [0, 0.05) is 13.1 Å². The van der Waals surface area contributed by atoms with E-state index >= 15 is 0 Å². The number of para-hydroxylation sites is 2. The van der Waals surface area contributed by atoms with E-state index in [9.17, 15) is 10.2 Å². The molecule has 1 aromatic rings. The molecule has 0 amide bonds. The summed E-state index contributed by atoms with van der Waals surface area (Å²) in [5.41, 5.74) is 0. The van der Waals surface area contributed by atoms with Gasteiger partial charge in [0.15, 0.2) is 11.5 Å². The Morgan fingerprint density at radius 2 is 1.75 bits per heavy atom. The third-order valence-corrected chi connectivity index (χ3v) is 2.88. The smallest absolute Gasteiger partial charge is 0.161 e. The standard InChI is InChI=1S/C15H25NO4/c1-3-6-12(17)9-16-10-13(18)11-20-15-8-5-4-7-14(15)19-2/h4-5,7-8,12-13,16-18H,3,6,9-11H2,1-2H3. The molecule has 0 aliphatic carbocycles. The van der Waals surface area contributed by atoms with Gasteiger partial charge < -0.3 is 25.0 Å². The van der Waals surface area contributed by atoms with Crippen molar-refractivity contribution in [3.63, 3.8) is 0 Å². The second-order valence-electron chi connectivity index (χ2n) is 4.72. The maximum Gasteiger partial charge on any atom is 0.161 e. The van der Waals surface area contributed by atoms with Gasteiger partial charge >= 0.3 is 0 Å². The molecule has 0 heterocycles. The third kappa shape index (κ3) is 6.23. The number of benzene rings is 1. The van der Waals surface area contributed by atoms with E-state index in [0.29, 0.717) is 24.6 Å². The average molecular weight is 283 g/mol. The van der Waals surface area contributed by atoms with Crippen LogP contribution in [0, 0.1) is 0 Å². The average Bonchev–Trinajstić information content (AvgIpc) is 2.45. The molecule has 0 aliphatic rings. The predicted octanol–water partition coefficient (Wildman–Crippen LogP) is 1.19. The molecule has 0 saturated carbocycles. The van der Waals surface area contributed by atoms with Gasteiger partial charge in [-0.1, -0.05) is 25.5 Å². The van der Waals surface area contributed by atoms with E-state index in [0.717, 1.165) is 12.8 Å². The van der Waals surface area contributed by atoms with Crippen molar-refractivity contribution in [2.75, 3.05) is 26.8 Å². The zero-order valence-electron chi connectivity index (χ0n) is 12.2. The molecule has 114 valence electrons. The van der Waals surface area contributed by atoms with Crippen LogP contribution in [0.4, 0.5) is 0 Å². The van der Waals surface area contributed by atoms with Crippen LogP contribution >= 0.6 is 0 Å². The van der Waals surface area contributed by atoms with Gasteiger partial charge in [0.05, 0.1) is 13.2 Å². The van der Waals surface area contributed by atoms with E-state index in [1.165, 1.54) is 0 Å². The lowest BCUT2D eigenvalue weighted by atomic mass is 10.2. The van der Waals surface area contributed by atoms with Crippen molar-refractivity contribution in [1.82, 2.24) is 5.32 Å². The highest BCUT2D eigenvalue weighted by Crippen LogP contribution is 2.25. The molecule has 0 spiro atoms. The van der Waals surface area contributed by atoms with Crippen molar-refractivity contribution in [3.8, 4) is 11.5 Å². The van der Waals surface area contributed by atoms with Crippen molar-refractivity contribution >= 4 is 0 Å². The number of aliphatic hydroxyl groups is 2. The Morgan fingerprint density at radius 1 is 1.10 bits per heavy atom. The van der Waals surface area contributed by atoms with Crippen LogP contribution in [0.25, 0.3) is 0 Å². The summed E-state index contributed by atoms with van der Waals surface area (Å²) in [5, 5.41) is 22.4. The Balaban J connectivity index is 2.24. The molecule has 20 heavy (non-hydrogen) atoms. The monoisotopic (exact) mass is 283 g/mol. The summed E-state index contributed by atoms with van der Waals surface area (Å²) in [7, 11) is 1.58. The summed E-state index contributed by atoms with van der Waals surface area (Å²) in [5.74, 6) is 1.26. The summed E-state index contributed by atoms with van der Waals surface area (Å²) in [6.45, 7) is 3.08. The summed E-state index contributed by atoms with van der Waals surface area (Å²) < 4.78 is 10.7. The van der Waals surface area contributed by atoms with E-state index in [-0.39, 0.29) is 12.7 Å². The minimum Gasteiger partial charge on any atom is -0.493 e. The Kier molecular flexibility index (Phi) is 8.02. The number of methoxy groups -OCH3 is 1. The second-order valence-corrected chi connectivity index (χ2v) is 4.72. The molecule has 5 nitrogen and oxygen atoms in total. The lowest BCUT2D eigenvalue weighted by Gasteiger charge is -2.16. The zero-order valence-corrected chi connectivity index (χ0v) is 12.2. The largest absolute Gasteiger partial charge is 0.493 e. The minimum absolute atomic E-state index is 0.178. The molecular formula is C15H25NO4. The maximum atomic E-state index is 9.81. The highest BCUT2D eigenvalue weighted by molar-refractivity contribution is 5.39. The van der Waals surface area contributed by atoms with Crippen molar-refractivity contribution in [2.45, 2.75) is 32.0 Å². The van der Waals surface area contributed by atoms with E-state index in [2.05, 4.69) is 5.32 Å². The van der Waals surface area contributed by atoms with Crippen LogP contribution in [0.1, 0.15) is 19.8 Å². The van der Waals surface area contributed by atoms with Crippen LogP contribution in [-0.4, -0.2) is 49.2 Å². The van der Waals surface area contributed by atoms with Crippen LogP contribution in [0.2, 0.25) is 0 Å². The fourth-order valence-electron chi connectivity index (χ4n) is 1.83. The highest BCUT2D eigenvalue weighted by atomic mass is 16.5. The first-order chi connectivity index (χ1) is 9.67. The van der Waals surface area contributed by atoms with Gasteiger partial charge in [-0.15, -0.1) is 0 Å².